The van der Waals surface area contributed by atoms with Crippen molar-refractivity contribution in [2.75, 3.05) is 32.0 Å². The lowest BCUT2D eigenvalue weighted by molar-refractivity contribution is 0.255. The zero-order valence-corrected chi connectivity index (χ0v) is 18.5. The third-order valence-corrected chi connectivity index (χ3v) is 6.61. The number of hydrogen-bond acceptors (Lipinski definition) is 5. The Bertz CT molecular complexity index is 929. The number of likely N-dealkylation sites (tertiary alicyclic amines) is 1. The Morgan fingerprint density at radius 2 is 1.87 bits per heavy atom. The van der Waals surface area contributed by atoms with E-state index in [0.29, 0.717) is 5.92 Å². The van der Waals surface area contributed by atoms with E-state index in [4.69, 9.17) is 17.1 Å². The van der Waals surface area contributed by atoms with Crippen LogP contribution in [0.1, 0.15) is 54.8 Å². The number of nitrogens with one attached hydrogen (secondary N) is 3. The fourth-order valence-corrected chi connectivity index (χ4v) is 4.69. The van der Waals surface area contributed by atoms with Crippen LogP contribution in [0.15, 0.2) is 53.3 Å². The number of anilines is 1. The number of hydrogen-bond donors (Lipinski definition) is 3. The van der Waals surface area contributed by atoms with Gasteiger partial charge in [0, 0.05) is 22.8 Å². The van der Waals surface area contributed by atoms with Crippen LogP contribution in [-0.4, -0.2) is 31.6 Å². The Hall–Kier alpha value is -2.37. The molecule has 5 nitrogen and oxygen atoms in total. The Morgan fingerprint density at radius 3 is 2.57 bits per heavy atom. The molecule has 3 N–H and O–H groups in total. The Balaban J connectivity index is 1.72. The molecule has 0 saturated carbocycles. The van der Waals surface area contributed by atoms with Crippen LogP contribution in [0.5, 0.6) is 0 Å². The average molecular weight is 424 g/mol. The summed E-state index contributed by atoms with van der Waals surface area (Å²) in [4.78, 5) is 2.41. The minimum absolute atomic E-state index is 0.177. The molecule has 1 fully saturated rings. The van der Waals surface area contributed by atoms with Crippen LogP contribution < -0.4 is 10.6 Å². The minimum atomic E-state index is 0.177. The first-order valence-corrected chi connectivity index (χ1v) is 11.1. The molecule has 2 aromatic carbocycles. The number of halogens is 1. The highest BCUT2D eigenvalue weighted by molar-refractivity contribution is 6.30. The maximum Gasteiger partial charge on any atom is 0.0829 e. The third-order valence-electron chi connectivity index (χ3n) is 6.36. The van der Waals surface area contributed by atoms with Crippen LogP contribution in [0.4, 0.5) is 5.69 Å². The van der Waals surface area contributed by atoms with Gasteiger partial charge in [0.2, 0.25) is 0 Å². The lowest BCUT2D eigenvalue weighted by Crippen LogP contribution is -2.29. The molecule has 158 valence electrons. The molecule has 1 saturated heterocycles. The van der Waals surface area contributed by atoms with E-state index < -0.39 is 0 Å². The number of rotatable bonds is 4. The predicted molar refractivity (Wildman–Crippen MR) is 124 cm³/mol. The Kier molecular flexibility index (Phi) is 6.40. The van der Waals surface area contributed by atoms with Crippen LogP contribution in [-0.2, 0) is 0 Å². The van der Waals surface area contributed by atoms with Crippen molar-refractivity contribution in [2.45, 2.75) is 38.1 Å². The zero-order valence-electron chi connectivity index (χ0n) is 17.7. The van der Waals surface area contributed by atoms with Gasteiger partial charge in [0.25, 0.3) is 0 Å². The van der Waals surface area contributed by atoms with Gasteiger partial charge in [-0.05, 0) is 87.6 Å². The van der Waals surface area contributed by atoms with Gasteiger partial charge in [-0.1, -0.05) is 29.8 Å². The molecule has 1 unspecified atom stereocenters. The summed E-state index contributed by atoms with van der Waals surface area (Å²) >= 11 is 6.07. The first-order valence-electron chi connectivity index (χ1n) is 10.7. The maximum absolute atomic E-state index is 7.52. The van der Waals surface area contributed by atoms with Crippen molar-refractivity contribution >= 4 is 23.0 Å². The summed E-state index contributed by atoms with van der Waals surface area (Å²) in [5.74, 6) is 0.605. The van der Waals surface area contributed by atoms with E-state index in [0.717, 1.165) is 53.7 Å². The molecule has 0 amide bonds. The number of allylic oxidation sites excluding steroid dienone is 1. The van der Waals surface area contributed by atoms with Gasteiger partial charge in [0.1, 0.15) is 0 Å². The van der Waals surface area contributed by atoms with Gasteiger partial charge in [-0.25, -0.2) is 5.53 Å². The highest BCUT2D eigenvalue weighted by atomic mass is 35.5. The summed E-state index contributed by atoms with van der Waals surface area (Å²) in [6.45, 7) is 5.03. The van der Waals surface area contributed by atoms with Crippen LogP contribution in [0.25, 0.3) is 5.70 Å². The molecule has 2 aliphatic heterocycles. The second-order valence-electron chi connectivity index (χ2n) is 8.42. The first-order chi connectivity index (χ1) is 14.5. The van der Waals surface area contributed by atoms with E-state index in [9.17, 15) is 0 Å². The van der Waals surface area contributed by atoms with Gasteiger partial charge < -0.3 is 15.5 Å². The van der Waals surface area contributed by atoms with Crippen molar-refractivity contribution < 1.29 is 0 Å². The summed E-state index contributed by atoms with van der Waals surface area (Å²) in [6.07, 6.45) is 3.35. The summed E-state index contributed by atoms with van der Waals surface area (Å²) in [6, 6.07) is 15.0. The zero-order chi connectivity index (χ0) is 21.1. The molecule has 6 heteroatoms. The Morgan fingerprint density at radius 1 is 1.13 bits per heavy atom. The number of piperidine rings is 1. The molecule has 0 bridgehead atoms. The second kappa shape index (κ2) is 9.19. The van der Waals surface area contributed by atoms with Crippen molar-refractivity contribution in [1.82, 2.24) is 10.2 Å². The SMILES string of the molecule is C/C(N=N)=C1/NCCC(Nc2ccc(Cl)cc2)c2cc(C3CCN(C)CC3)ccc21. The largest absolute Gasteiger partial charge is 0.383 e. The standard InChI is InChI=1S/C24H30ClN5/c1-16(29-26)24-21-8-3-18(17-10-13-30(2)14-11-17)15-22(21)23(9-12-27-24)28-20-6-4-19(25)5-7-20/h3-8,15,17,23,26-28H,9-14H2,1-2H3/b24-16-,29-26?. The van der Waals surface area contributed by atoms with Gasteiger partial charge >= 0.3 is 0 Å². The van der Waals surface area contributed by atoms with E-state index >= 15 is 0 Å². The van der Waals surface area contributed by atoms with E-state index in [1.165, 1.54) is 24.0 Å². The highest BCUT2D eigenvalue weighted by Gasteiger charge is 2.25. The molecule has 0 aromatic heterocycles. The van der Waals surface area contributed by atoms with Gasteiger partial charge in [-0.15, -0.1) is 0 Å². The van der Waals surface area contributed by atoms with E-state index in [-0.39, 0.29) is 6.04 Å². The fourth-order valence-electron chi connectivity index (χ4n) is 4.56. The first kappa shape index (κ1) is 20.9. The molecule has 0 radical (unpaired) electrons. The summed E-state index contributed by atoms with van der Waals surface area (Å²) < 4.78 is 0. The molecule has 0 spiro atoms. The molecular weight excluding hydrogens is 394 g/mol. The van der Waals surface area contributed by atoms with E-state index in [2.05, 4.69) is 45.9 Å². The van der Waals surface area contributed by atoms with Crippen LogP contribution in [0.3, 0.4) is 0 Å². The minimum Gasteiger partial charge on any atom is -0.383 e. The van der Waals surface area contributed by atoms with Crippen molar-refractivity contribution in [3.8, 4) is 0 Å². The average Bonchev–Trinajstić information content (AvgIpc) is 2.94. The number of fused-ring (bicyclic) bond motifs is 1. The fraction of sp³-hybridized carbons (Fsp3) is 0.417. The summed E-state index contributed by atoms with van der Waals surface area (Å²) in [5.41, 5.74) is 14.1. The highest BCUT2D eigenvalue weighted by Crippen LogP contribution is 2.37. The normalized spacial score (nSPS) is 21.9. The van der Waals surface area contributed by atoms with Crippen LogP contribution in [0.2, 0.25) is 5.02 Å². The maximum atomic E-state index is 7.52. The van der Waals surface area contributed by atoms with Crippen LogP contribution >= 0.6 is 11.6 Å². The third kappa shape index (κ3) is 4.52. The van der Waals surface area contributed by atoms with Crippen molar-refractivity contribution in [3.05, 3.63) is 69.9 Å². The van der Waals surface area contributed by atoms with E-state index in [1.54, 1.807) is 0 Å². The van der Waals surface area contributed by atoms with Crippen molar-refractivity contribution in [3.63, 3.8) is 0 Å². The molecule has 0 aliphatic carbocycles. The molecule has 4 rings (SSSR count). The molecule has 2 heterocycles. The van der Waals surface area contributed by atoms with Gasteiger partial charge in [-0.2, -0.15) is 5.11 Å². The lowest BCUT2D eigenvalue weighted by atomic mass is 9.85. The van der Waals surface area contributed by atoms with Gasteiger partial charge in [0.15, 0.2) is 0 Å². The molecule has 2 aromatic rings. The summed E-state index contributed by atoms with van der Waals surface area (Å²) in [5, 5.41) is 11.7. The topological polar surface area (TPSA) is 63.5 Å². The molecule has 30 heavy (non-hydrogen) atoms. The number of nitrogens with zero attached hydrogens (tertiary/aromatic N) is 2. The second-order valence-corrected chi connectivity index (χ2v) is 8.85. The molecular formula is C24H30ClN5. The molecule has 2 aliphatic rings. The smallest absolute Gasteiger partial charge is 0.0829 e. The van der Waals surface area contributed by atoms with Gasteiger partial charge in [0.05, 0.1) is 17.4 Å². The molecule has 1 atom stereocenters. The van der Waals surface area contributed by atoms with E-state index in [1.807, 2.05) is 31.2 Å². The van der Waals surface area contributed by atoms with Crippen LogP contribution in [0, 0.1) is 5.53 Å². The number of benzene rings is 2. The lowest BCUT2D eigenvalue weighted by Gasteiger charge is -2.30. The van der Waals surface area contributed by atoms with Crippen molar-refractivity contribution in [2.24, 2.45) is 5.11 Å². The Labute approximate surface area is 184 Å². The monoisotopic (exact) mass is 423 g/mol. The predicted octanol–water partition coefficient (Wildman–Crippen LogP) is 6.02. The summed E-state index contributed by atoms with van der Waals surface area (Å²) in [7, 11) is 2.20. The van der Waals surface area contributed by atoms with Crippen molar-refractivity contribution in [1.29, 1.82) is 5.53 Å². The van der Waals surface area contributed by atoms with Gasteiger partial charge in [-0.3, -0.25) is 0 Å². The quantitative estimate of drug-likeness (QED) is 0.527.